The molecule has 0 aromatic heterocycles. The highest BCUT2D eigenvalue weighted by molar-refractivity contribution is 6.46. The molecule has 1 aliphatic heterocycles. The zero-order valence-corrected chi connectivity index (χ0v) is 17.8. The van der Waals surface area contributed by atoms with Crippen LogP contribution in [-0.4, -0.2) is 25.4 Å². The average molecular weight is 439 g/mol. The van der Waals surface area contributed by atoms with Crippen LogP contribution in [0.15, 0.2) is 48.2 Å². The van der Waals surface area contributed by atoms with Gasteiger partial charge >= 0.3 is 5.97 Å². The van der Waals surface area contributed by atoms with Gasteiger partial charge in [-0.05, 0) is 23.8 Å². The van der Waals surface area contributed by atoms with E-state index in [1.165, 1.54) is 18.2 Å². The van der Waals surface area contributed by atoms with E-state index in [1.807, 2.05) is 50.1 Å². The summed E-state index contributed by atoms with van der Waals surface area (Å²) < 4.78 is 5.12. The number of carbonyl (C=O) groups excluding carboxylic acids is 2. The van der Waals surface area contributed by atoms with Gasteiger partial charge in [-0.3, -0.25) is 4.79 Å². The van der Waals surface area contributed by atoms with Crippen LogP contribution in [0, 0.1) is 0 Å². The van der Waals surface area contributed by atoms with Gasteiger partial charge in [0.25, 0.3) is 0 Å². The molecule has 3 rings (SSSR count). The molecule has 2 aromatic rings. The summed E-state index contributed by atoms with van der Waals surface area (Å²) in [6.45, 7) is 3.67. The summed E-state index contributed by atoms with van der Waals surface area (Å²) >= 11 is 18.0. The molecule has 146 valence electrons. The van der Waals surface area contributed by atoms with Crippen LogP contribution in [0.4, 0.5) is 5.69 Å². The van der Waals surface area contributed by atoms with E-state index in [2.05, 4.69) is 0 Å². The van der Waals surface area contributed by atoms with Crippen LogP contribution in [0.5, 0.6) is 0 Å². The van der Waals surface area contributed by atoms with Gasteiger partial charge in [0.1, 0.15) is 0 Å². The van der Waals surface area contributed by atoms with E-state index in [0.29, 0.717) is 0 Å². The van der Waals surface area contributed by atoms with Crippen LogP contribution in [0.2, 0.25) is 15.1 Å². The summed E-state index contributed by atoms with van der Waals surface area (Å²) in [5, 5.41) is 0.285. The Morgan fingerprint density at radius 3 is 2.39 bits per heavy atom. The Labute approximate surface area is 178 Å². The first-order valence-electron chi connectivity index (χ1n) is 8.53. The third kappa shape index (κ3) is 3.64. The fourth-order valence-corrected chi connectivity index (χ4v) is 4.06. The van der Waals surface area contributed by atoms with Gasteiger partial charge in [-0.15, -0.1) is 0 Å². The Hall–Kier alpha value is -2.01. The number of rotatable bonds is 4. The van der Waals surface area contributed by atoms with Crippen LogP contribution in [0.1, 0.15) is 29.8 Å². The highest BCUT2D eigenvalue weighted by atomic mass is 35.5. The molecular weight excluding hydrogens is 421 g/mol. The number of esters is 1. The second-order valence-corrected chi connectivity index (χ2v) is 8.18. The number of nitrogens with zero attached hydrogens (tertiary/aromatic N) is 1. The lowest BCUT2D eigenvalue weighted by Gasteiger charge is -2.23. The number of fused-ring (bicyclic) bond motifs is 1. The Kier molecular flexibility index (Phi) is 5.76. The van der Waals surface area contributed by atoms with E-state index in [0.717, 1.165) is 16.9 Å². The maximum Gasteiger partial charge on any atom is 0.341 e. The normalized spacial score (nSPS) is 16.2. The molecule has 28 heavy (non-hydrogen) atoms. The van der Waals surface area contributed by atoms with Crippen molar-refractivity contribution in [2.75, 3.05) is 18.6 Å². The fraction of sp³-hybridized carbons (Fsp3) is 0.238. The molecule has 0 atom stereocenters. The molecule has 0 amide bonds. The number of para-hydroxylation sites is 1. The van der Waals surface area contributed by atoms with Gasteiger partial charge in [-0.1, -0.05) is 66.8 Å². The number of anilines is 1. The van der Waals surface area contributed by atoms with Gasteiger partial charge in [-0.2, -0.15) is 0 Å². The van der Waals surface area contributed by atoms with Crippen molar-refractivity contribution in [1.82, 2.24) is 0 Å². The van der Waals surface area contributed by atoms with Gasteiger partial charge in [-0.25, -0.2) is 4.79 Å². The lowest BCUT2D eigenvalue weighted by molar-refractivity contribution is -0.117. The highest BCUT2D eigenvalue weighted by Crippen LogP contribution is 2.46. The summed E-state index contributed by atoms with van der Waals surface area (Å²) in [6.07, 6.45) is 1.51. The van der Waals surface area contributed by atoms with E-state index in [4.69, 9.17) is 39.5 Å². The summed E-state index contributed by atoms with van der Waals surface area (Å²) in [7, 11) is 1.91. The monoisotopic (exact) mass is 437 g/mol. The van der Waals surface area contributed by atoms with Gasteiger partial charge < -0.3 is 9.64 Å². The molecule has 0 fully saturated rings. The van der Waals surface area contributed by atoms with Crippen molar-refractivity contribution in [3.8, 4) is 0 Å². The third-order valence-corrected chi connectivity index (χ3v) is 5.95. The maximum atomic E-state index is 12.5. The summed E-state index contributed by atoms with van der Waals surface area (Å²) in [4.78, 5) is 26.8. The second-order valence-electron chi connectivity index (χ2n) is 6.99. The molecule has 0 bridgehead atoms. The number of allylic oxidation sites excluding steroid dienone is 1. The molecular formula is C21H18Cl3NO3. The van der Waals surface area contributed by atoms with Crippen molar-refractivity contribution in [2.45, 2.75) is 19.3 Å². The number of ether oxygens (including phenoxy) is 1. The lowest BCUT2D eigenvalue weighted by Crippen LogP contribution is -2.25. The molecule has 4 nitrogen and oxygen atoms in total. The van der Waals surface area contributed by atoms with Crippen molar-refractivity contribution in [2.24, 2.45) is 0 Å². The molecule has 0 spiro atoms. The van der Waals surface area contributed by atoms with Crippen molar-refractivity contribution in [1.29, 1.82) is 0 Å². The zero-order chi connectivity index (χ0) is 20.6. The zero-order valence-electron chi connectivity index (χ0n) is 15.6. The fourth-order valence-electron chi connectivity index (χ4n) is 3.38. The first kappa shape index (κ1) is 20.7. The highest BCUT2D eigenvalue weighted by Gasteiger charge is 2.38. The van der Waals surface area contributed by atoms with Crippen LogP contribution < -0.4 is 4.90 Å². The molecule has 0 radical (unpaired) electrons. The van der Waals surface area contributed by atoms with Gasteiger partial charge in [0.2, 0.25) is 0 Å². The van der Waals surface area contributed by atoms with E-state index in [9.17, 15) is 9.59 Å². The van der Waals surface area contributed by atoms with Crippen molar-refractivity contribution < 1.29 is 14.3 Å². The van der Waals surface area contributed by atoms with Gasteiger partial charge in [0.05, 0.1) is 20.6 Å². The minimum atomic E-state index is -0.799. The number of benzene rings is 2. The predicted molar refractivity (Wildman–Crippen MR) is 113 cm³/mol. The molecule has 0 N–H and O–H groups in total. The minimum Gasteiger partial charge on any atom is -0.454 e. The SMILES string of the molecule is CN1/C(=C/C(=O)COC(=O)c2c(Cl)ccc(Cl)c2Cl)C(C)(C)c2ccccc21. The van der Waals surface area contributed by atoms with E-state index < -0.39 is 12.6 Å². The Morgan fingerprint density at radius 1 is 1.07 bits per heavy atom. The standard InChI is InChI=1S/C21H18Cl3NO3/c1-21(2)13-6-4-5-7-16(13)25(3)17(21)10-12(26)11-28-20(27)18-14(22)8-9-15(23)19(18)24/h4-10H,11H2,1-3H3/b17-10+. The largest absolute Gasteiger partial charge is 0.454 e. The van der Waals surface area contributed by atoms with E-state index in [1.54, 1.807) is 0 Å². The van der Waals surface area contributed by atoms with Crippen LogP contribution >= 0.6 is 34.8 Å². The topological polar surface area (TPSA) is 46.6 Å². The molecule has 0 saturated carbocycles. The van der Waals surface area contributed by atoms with Crippen LogP contribution in [-0.2, 0) is 14.9 Å². The molecule has 0 aliphatic carbocycles. The van der Waals surface area contributed by atoms with Gasteiger partial charge in [0, 0.05) is 29.9 Å². The quantitative estimate of drug-likeness (QED) is 0.350. The predicted octanol–water partition coefficient (Wildman–Crippen LogP) is 5.68. The number of carbonyl (C=O) groups is 2. The first-order valence-corrected chi connectivity index (χ1v) is 9.67. The number of likely N-dealkylation sites (N-methyl/N-ethyl adjacent to an activating group) is 1. The average Bonchev–Trinajstić information content (AvgIpc) is 2.84. The lowest BCUT2D eigenvalue weighted by atomic mass is 9.83. The van der Waals surface area contributed by atoms with Crippen molar-refractivity contribution in [3.05, 3.63) is 74.4 Å². The Balaban J connectivity index is 1.77. The molecule has 2 aromatic carbocycles. The first-order chi connectivity index (χ1) is 13.1. The number of ketones is 1. The minimum absolute atomic E-state index is 0.00270. The van der Waals surface area contributed by atoms with Crippen molar-refractivity contribution >= 4 is 52.2 Å². The third-order valence-electron chi connectivity index (χ3n) is 4.83. The molecule has 7 heteroatoms. The molecule has 0 saturated heterocycles. The van der Waals surface area contributed by atoms with Crippen LogP contribution in [0.25, 0.3) is 0 Å². The number of halogens is 3. The summed E-state index contributed by atoms with van der Waals surface area (Å²) in [5.74, 6) is -1.14. The summed E-state index contributed by atoms with van der Waals surface area (Å²) in [5.41, 5.74) is 2.60. The summed E-state index contributed by atoms with van der Waals surface area (Å²) in [6, 6.07) is 10.9. The van der Waals surface area contributed by atoms with Crippen molar-refractivity contribution in [3.63, 3.8) is 0 Å². The molecule has 1 heterocycles. The van der Waals surface area contributed by atoms with E-state index in [-0.39, 0.29) is 31.8 Å². The number of hydrogen-bond acceptors (Lipinski definition) is 4. The molecule has 1 aliphatic rings. The smallest absolute Gasteiger partial charge is 0.341 e. The van der Waals surface area contributed by atoms with Crippen LogP contribution in [0.3, 0.4) is 0 Å². The Bertz CT molecular complexity index is 998. The van der Waals surface area contributed by atoms with Gasteiger partial charge in [0.15, 0.2) is 12.4 Å². The Morgan fingerprint density at radius 2 is 1.71 bits per heavy atom. The number of hydrogen-bond donors (Lipinski definition) is 0. The van der Waals surface area contributed by atoms with E-state index >= 15 is 0 Å². The second kappa shape index (κ2) is 7.78. The maximum absolute atomic E-state index is 12.5. The molecule has 0 unspecified atom stereocenters.